The van der Waals surface area contributed by atoms with Gasteiger partial charge < -0.3 is 19.9 Å². The van der Waals surface area contributed by atoms with Crippen molar-refractivity contribution < 1.29 is 19.1 Å². The number of nitrogens with one attached hydrogen (secondary N) is 2. The van der Waals surface area contributed by atoms with Crippen molar-refractivity contribution in [1.82, 2.24) is 25.3 Å². The number of benzene rings is 3. The van der Waals surface area contributed by atoms with Crippen molar-refractivity contribution in [3.8, 4) is 11.8 Å². The molecule has 4 heterocycles. The molecule has 1 saturated carbocycles. The Morgan fingerprint density at radius 1 is 0.931 bits per heavy atom. The van der Waals surface area contributed by atoms with Crippen LogP contribution in [0.25, 0.3) is 10.8 Å². The largest absolute Gasteiger partial charge is 0.489 e. The molecule has 4 fully saturated rings. The first-order chi connectivity index (χ1) is 27.7. The van der Waals surface area contributed by atoms with Gasteiger partial charge in [0, 0.05) is 97.5 Å². The van der Waals surface area contributed by atoms with E-state index in [1.165, 1.54) is 4.68 Å². The monoisotopic (exact) mass is 804 g/mol. The topological polar surface area (TPSA) is 153 Å². The third-order valence-corrected chi connectivity index (χ3v) is 13.1. The third-order valence-electron chi connectivity index (χ3n) is 12.8. The van der Waals surface area contributed by atoms with Crippen molar-refractivity contribution in [3.63, 3.8) is 0 Å². The zero-order chi connectivity index (χ0) is 40.9. The Morgan fingerprint density at radius 3 is 2.34 bits per heavy atom. The lowest BCUT2D eigenvalue weighted by Crippen LogP contribution is -2.74. The molecule has 58 heavy (non-hydrogen) atoms. The molecule has 3 aromatic carbocycles. The summed E-state index contributed by atoms with van der Waals surface area (Å²) in [6.45, 7) is 15.0. The molecule has 13 nitrogen and oxygen atoms in total. The van der Waals surface area contributed by atoms with E-state index < -0.39 is 11.9 Å². The number of halogens is 1. The molecule has 0 bridgehead atoms. The molecule has 2 unspecified atom stereocenters. The van der Waals surface area contributed by atoms with Crippen LogP contribution < -0.4 is 30.7 Å². The Hall–Kier alpha value is -5.45. The summed E-state index contributed by atoms with van der Waals surface area (Å²) in [7, 11) is 0. The maximum absolute atomic E-state index is 13.5. The fourth-order valence-corrected chi connectivity index (χ4v) is 10.1. The Labute approximate surface area is 342 Å². The first-order valence-corrected chi connectivity index (χ1v) is 20.5. The number of amides is 3. The number of imide groups is 1. The zero-order valence-corrected chi connectivity index (χ0v) is 34.1. The first kappa shape index (κ1) is 39.4. The summed E-state index contributed by atoms with van der Waals surface area (Å²) in [5.74, 6) is 0.223. The van der Waals surface area contributed by atoms with Gasteiger partial charge in [-0.05, 0) is 73.4 Å². The summed E-state index contributed by atoms with van der Waals surface area (Å²) >= 11 is 6.26. The van der Waals surface area contributed by atoms with E-state index in [9.17, 15) is 24.4 Å². The van der Waals surface area contributed by atoms with Crippen LogP contribution in [0.3, 0.4) is 0 Å². The molecule has 0 spiro atoms. The number of nitriles is 1. The highest BCUT2D eigenvalue weighted by Gasteiger charge is 2.64. The molecule has 1 aromatic heterocycles. The van der Waals surface area contributed by atoms with Gasteiger partial charge in [-0.15, -0.1) is 0 Å². The normalized spacial score (nSPS) is 24.2. The van der Waals surface area contributed by atoms with E-state index in [-0.39, 0.29) is 53.2 Å². The third kappa shape index (κ3) is 7.39. The van der Waals surface area contributed by atoms with Gasteiger partial charge in [0.1, 0.15) is 24.0 Å². The van der Waals surface area contributed by atoms with Crippen LogP contribution >= 0.6 is 11.6 Å². The molecular weight excluding hydrogens is 756 g/mol. The van der Waals surface area contributed by atoms with Gasteiger partial charge in [-0.2, -0.15) is 10.4 Å². The highest BCUT2D eigenvalue weighted by molar-refractivity contribution is 6.31. The summed E-state index contributed by atoms with van der Waals surface area (Å²) in [6.07, 6.45) is 3.01. The maximum atomic E-state index is 13.5. The minimum Gasteiger partial charge on any atom is -0.489 e. The predicted octanol–water partition coefficient (Wildman–Crippen LogP) is 5.16. The molecule has 4 aromatic rings. The molecule has 3 aliphatic heterocycles. The fourth-order valence-electron chi connectivity index (χ4n) is 9.89. The lowest BCUT2D eigenvalue weighted by molar-refractivity contribution is -0.164. The van der Waals surface area contributed by atoms with E-state index in [0.717, 1.165) is 69.0 Å². The summed E-state index contributed by atoms with van der Waals surface area (Å²) in [6, 6.07) is 20.0. The van der Waals surface area contributed by atoms with Crippen molar-refractivity contribution >= 4 is 51.5 Å². The van der Waals surface area contributed by atoms with Crippen LogP contribution in [0.5, 0.6) is 5.75 Å². The predicted molar refractivity (Wildman–Crippen MR) is 222 cm³/mol. The molecule has 1 aliphatic carbocycles. The fraction of sp³-hybridized carbons (Fsp3) is 0.455. The van der Waals surface area contributed by atoms with Crippen LogP contribution in [0.2, 0.25) is 5.02 Å². The molecule has 2 atom stereocenters. The van der Waals surface area contributed by atoms with Gasteiger partial charge in [0.2, 0.25) is 5.91 Å². The van der Waals surface area contributed by atoms with E-state index in [4.69, 9.17) is 16.3 Å². The number of hydrogen-bond donors (Lipinski definition) is 2. The number of fused-ring (bicyclic) bond motifs is 1. The summed E-state index contributed by atoms with van der Waals surface area (Å²) in [4.78, 5) is 58.0. The first-order valence-electron chi connectivity index (χ1n) is 20.1. The van der Waals surface area contributed by atoms with Crippen LogP contribution in [0.1, 0.15) is 68.9 Å². The van der Waals surface area contributed by atoms with Gasteiger partial charge in [-0.3, -0.25) is 29.4 Å². The number of rotatable bonds is 9. The molecule has 3 amide bonds. The van der Waals surface area contributed by atoms with E-state index in [2.05, 4.69) is 76.3 Å². The molecule has 14 heteroatoms. The van der Waals surface area contributed by atoms with E-state index in [1.54, 1.807) is 24.4 Å². The number of ether oxygens (including phenoxy) is 1. The molecule has 0 radical (unpaired) electrons. The minimum absolute atomic E-state index is 0.107. The average Bonchev–Trinajstić information content (AvgIpc) is 3.68. The lowest BCUT2D eigenvalue weighted by Gasteiger charge is -2.63. The van der Waals surface area contributed by atoms with Gasteiger partial charge >= 0.3 is 0 Å². The van der Waals surface area contributed by atoms with Crippen molar-refractivity contribution in [1.29, 1.82) is 5.26 Å². The Bertz CT molecular complexity index is 2350. The van der Waals surface area contributed by atoms with Gasteiger partial charge in [-0.25, -0.2) is 4.68 Å². The number of piperidine rings is 1. The Balaban J connectivity index is 0.812. The van der Waals surface area contributed by atoms with Crippen LogP contribution in [0.15, 0.2) is 71.7 Å². The van der Waals surface area contributed by atoms with Crippen molar-refractivity contribution in [2.24, 2.45) is 16.7 Å². The zero-order valence-electron chi connectivity index (χ0n) is 33.3. The van der Waals surface area contributed by atoms with Crippen LogP contribution in [0.4, 0.5) is 11.4 Å². The number of carbonyl (C=O) groups is 3. The highest BCUT2D eigenvalue weighted by atomic mass is 35.5. The number of nitrogens with zero attached hydrogens (tertiary/aromatic N) is 6. The SMILES string of the molecule is CC1(C)[C@H](NC(=O)c2ccc(N3CCC(CN4CCN(c5ccc6c(=O)n(C7CCC(=O)NC7=O)ncc6c5)CC4)C3)cc2)C(C)(C)[C@H]1Oc1ccc(C#N)c(Cl)c1. The number of anilines is 2. The van der Waals surface area contributed by atoms with Gasteiger partial charge in [0.15, 0.2) is 0 Å². The van der Waals surface area contributed by atoms with Crippen molar-refractivity contribution in [3.05, 3.63) is 93.4 Å². The molecular formula is C44H49ClN8O5. The summed E-state index contributed by atoms with van der Waals surface area (Å²) in [5.41, 5.74) is 2.17. The Morgan fingerprint density at radius 2 is 1.66 bits per heavy atom. The van der Waals surface area contributed by atoms with Gasteiger partial charge in [0.25, 0.3) is 17.4 Å². The molecule has 8 rings (SSSR count). The second-order valence-electron chi connectivity index (χ2n) is 17.4. The van der Waals surface area contributed by atoms with Crippen molar-refractivity contribution in [2.75, 3.05) is 55.6 Å². The molecule has 2 N–H and O–H groups in total. The summed E-state index contributed by atoms with van der Waals surface area (Å²) < 4.78 is 7.59. The molecule has 4 aliphatic rings. The van der Waals surface area contributed by atoms with E-state index in [1.807, 2.05) is 30.3 Å². The number of piperazine rings is 1. The van der Waals surface area contributed by atoms with Crippen LogP contribution in [-0.2, 0) is 9.59 Å². The number of aromatic nitrogens is 2. The van der Waals surface area contributed by atoms with Crippen molar-refractivity contribution in [2.45, 2.75) is 65.1 Å². The standard InChI is InChI=1S/C44H49ClN8O5/c1-43(2)41(44(3,4)42(43)58-33-11-7-29(23-46)35(45)22-33)49-38(55)28-5-8-31(9-6-28)52-16-15-27(26-52)25-50-17-19-51(20-18-50)32-10-12-34-30(21-32)24-47-53(40(34)57)36-13-14-37(54)48-39(36)56/h5-12,21-22,24,27,36,41-42H,13-20,25-26H2,1-4H3,(H,49,55)(H,48,54,56)/t27?,36?,41-,42-. The lowest BCUT2D eigenvalue weighted by atomic mass is 9.49. The maximum Gasteiger partial charge on any atom is 0.275 e. The second-order valence-corrected chi connectivity index (χ2v) is 17.8. The van der Waals surface area contributed by atoms with E-state index >= 15 is 0 Å². The second kappa shape index (κ2) is 15.4. The smallest absolute Gasteiger partial charge is 0.275 e. The van der Waals surface area contributed by atoms with Gasteiger partial charge in [-0.1, -0.05) is 39.3 Å². The van der Waals surface area contributed by atoms with Gasteiger partial charge in [0.05, 0.1) is 22.2 Å². The minimum atomic E-state index is -0.785. The molecule has 3 saturated heterocycles. The van der Waals surface area contributed by atoms with E-state index in [0.29, 0.717) is 33.2 Å². The highest BCUT2D eigenvalue weighted by Crippen LogP contribution is 2.55. The number of hydrogen-bond acceptors (Lipinski definition) is 10. The quantitative estimate of drug-likeness (QED) is 0.217. The number of carbonyl (C=O) groups excluding carboxylic acids is 3. The molecule has 302 valence electrons. The Kier molecular flexibility index (Phi) is 10.4. The van der Waals surface area contributed by atoms with Crippen LogP contribution in [0, 0.1) is 28.1 Å². The van der Waals surface area contributed by atoms with Crippen LogP contribution in [-0.4, -0.2) is 90.4 Å². The summed E-state index contributed by atoms with van der Waals surface area (Å²) in [5, 5.41) is 20.7. The average molecular weight is 805 g/mol.